The van der Waals surface area contributed by atoms with E-state index in [4.69, 9.17) is 4.74 Å². The minimum absolute atomic E-state index is 0.0963. The summed E-state index contributed by atoms with van der Waals surface area (Å²) in [7, 11) is 0. The number of Topliss-reactive ketones (excluding diaryl/α,β-unsaturated/α-hetero) is 1. The van der Waals surface area contributed by atoms with Crippen molar-refractivity contribution in [2.75, 3.05) is 12.4 Å². The molecule has 0 unspecified atom stereocenters. The van der Waals surface area contributed by atoms with E-state index in [9.17, 15) is 9.18 Å². The monoisotopic (exact) mass is 252 g/mol. The normalized spacial score (nSPS) is 15.0. The molecule has 17 heavy (non-hydrogen) atoms. The van der Waals surface area contributed by atoms with Crippen LogP contribution in [0.5, 0.6) is 0 Å². The molecule has 0 amide bonds. The third-order valence-electron chi connectivity index (χ3n) is 2.48. The van der Waals surface area contributed by atoms with Crippen LogP contribution in [0.4, 0.5) is 4.39 Å². The van der Waals surface area contributed by atoms with Crippen molar-refractivity contribution in [1.82, 2.24) is 0 Å². The fraction of sp³-hybridized carbons (Fsp3) is 0.308. The van der Waals surface area contributed by atoms with Crippen LogP contribution in [0, 0.1) is 5.82 Å². The predicted molar refractivity (Wildman–Crippen MR) is 65.4 cm³/mol. The van der Waals surface area contributed by atoms with Gasteiger partial charge in [-0.25, -0.2) is 4.39 Å². The van der Waals surface area contributed by atoms with Gasteiger partial charge in [-0.05, 0) is 37.1 Å². The Morgan fingerprint density at radius 2 is 2.12 bits per heavy atom. The van der Waals surface area contributed by atoms with Gasteiger partial charge in [-0.1, -0.05) is 0 Å². The number of carbonyl (C=O) groups is 1. The maximum Gasteiger partial charge on any atom is 0.172 e. The Bertz CT molecular complexity index is 426. The molecule has 0 aromatic heterocycles. The fourth-order valence-corrected chi connectivity index (χ4v) is 2.35. The molecule has 0 saturated heterocycles. The van der Waals surface area contributed by atoms with Gasteiger partial charge in [-0.3, -0.25) is 4.79 Å². The molecular weight excluding hydrogens is 239 g/mol. The summed E-state index contributed by atoms with van der Waals surface area (Å²) >= 11 is 1.42. The summed E-state index contributed by atoms with van der Waals surface area (Å²) in [4.78, 5) is 12.7. The molecule has 2 nitrogen and oxygen atoms in total. The highest BCUT2D eigenvalue weighted by Gasteiger charge is 2.13. The van der Waals surface area contributed by atoms with Gasteiger partial charge in [0.1, 0.15) is 5.82 Å². The number of ketones is 1. The molecule has 0 spiro atoms. The van der Waals surface area contributed by atoms with E-state index in [1.165, 1.54) is 23.9 Å². The molecule has 0 aliphatic carbocycles. The van der Waals surface area contributed by atoms with E-state index in [-0.39, 0.29) is 11.6 Å². The number of thioether (sulfide) groups is 1. The zero-order valence-electron chi connectivity index (χ0n) is 9.32. The molecule has 0 bridgehead atoms. The molecule has 4 heteroatoms. The lowest BCUT2D eigenvalue weighted by molar-refractivity contribution is -0.113. The number of benzene rings is 1. The van der Waals surface area contributed by atoms with Crippen LogP contribution in [-0.4, -0.2) is 18.1 Å². The van der Waals surface area contributed by atoms with Gasteiger partial charge < -0.3 is 4.74 Å². The van der Waals surface area contributed by atoms with Crippen LogP contribution in [0.15, 0.2) is 41.0 Å². The predicted octanol–water partition coefficient (Wildman–Crippen LogP) is 3.18. The van der Waals surface area contributed by atoms with Crippen LogP contribution in [0.3, 0.4) is 0 Å². The second-order valence-electron chi connectivity index (χ2n) is 3.78. The second-order valence-corrected chi connectivity index (χ2v) is 4.83. The van der Waals surface area contributed by atoms with Crippen molar-refractivity contribution in [1.29, 1.82) is 0 Å². The minimum atomic E-state index is -0.260. The lowest BCUT2D eigenvalue weighted by Crippen LogP contribution is -2.10. The molecule has 1 heterocycles. The standard InChI is InChI=1S/C13H13FO2S/c14-11-3-5-12(6-4-11)17-9-13(15)10-2-1-7-16-8-10/h3-6,8H,1-2,7,9H2. The quantitative estimate of drug-likeness (QED) is 0.770. The Hall–Kier alpha value is -1.29. The SMILES string of the molecule is O=C(CSc1ccc(F)cc1)C1=COCCC1. The second kappa shape index (κ2) is 5.87. The number of allylic oxidation sites excluding steroid dienone is 1. The van der Waals surface area contributed by atoms with Gasteiger partial charge in [0.25, 0.3) is 0 Å². The van der Waals surface area contributed by atoms with E-state index in [1.807, 2.05) is 0 Å². The van der Waals surface area contributed by atoms with Gasteiger partial charge >= 0.3 is 0 Å². The highest BCUT2D eigenvalue weighted by Crippen LogP contribution is 2.21. The maximum absolute atomic E-state index is 12.7. The molecule has 0 atom stereocenters. The molecule has 1 aliphatic heterocycles. The van der Waals surface area contributed by atoms with Crippen molar-refractivity contribution in [3.05, 3.63) is 41.9 Å². The minimum Gasteiger partial charge on any atom is -0.501 e. The highest BCUT2D eigenvalue weighted by atomic mass is 32.2. The van der Waals surface area contributed by atoms with Gasteiger partial charge in [0.2, 0.25) is 0 Å². The van der Waals surface area contributed by atoms with Crippen LogP contribution in [-0.2, 0) is 9.53 Å². The van der Waals surface area contributed by atoms with E-state index in [0.717, 1.165) is 23.3 Å². The Balaban J connectivity index is 1.87. The van der Waals surface area contributed by atoms with Gasteiger partial charge in [0, 0.05) is 10.5 Å². The van der Waals surface area contributed by atoms with Gasteiger partial charge in [-0.2, -0.15) is 0 Å². The third kappa shape index (κ3) is 3.60. The van der Waals surface area contributed by atoms with Crippen molar-refractivity contribution in [2.24, 2.45) is 0 Å². The van der Waals surface area contributed by atoms with E-state index in [0.29, 0.717) is 12.4 Å². The number of hydrogen-bond acceptors (Lipinski definition) is 3. The first kappa shape index (κ1) is 12.2. The molecule has 2 rings (SSSR count). The average molecular weight is 252 g/mol. The molecule has 1 aromatic rings. The number of hydrogen-bond donors (Lipinski definition) is 0. The summed E-state index contributed by atoms with van der Waals surface area (Å²) < 4.78 is 17.8. The number of halogens is 1. The topological polar surface area (TPSA) is 26.3 Å². The van der Waals surface area contributed by atoms with E-state index < -0.39 is 0 Å². The molecular formula is C13H13FO2S. The van der Waals surface area contributed by atoms with Crippen LogP contribution in [0.2, 0.25) is 0 Å². The highest BCUT2D eigenvalue weighted by molar-refractivity contribution is 8.00. The average Bonchev–Trinajstić information content (AvgIpc) is 2.39. The van der Waals surface area contributed by atoms with Gasteiger partial charge in [-0.15, -0.1) is 11.8 Å². The third-order valence-corrected chi connectivity index (χ3v) is 3.49. The van der Waals surface area contributed by atoms with Crippen molar-refractivity contribution in [2.45, 2.75) is 17.7 Å². The zero-order valence-corrected chi connectivity index (χ0v) is 10.1. The summed E-state index contributed by atoms with van der Waals surface area (Å²) in [5.74, 6) is 0.212. The van der Waals surface area contributed by atoms with Crippen molar-refractivity contribution >= 4 is 17.5 Å². The van der Waals surface area contributed by atoms with E-state index >= 15 is 0 Å². The fourth-order valence-electron chi connectivity index (χ4n) is 1.54. The number of carbonyl (C=O) groups excluding carboxylic acids is 1. The molecule has 0 fully saturated rings. The first-order valence-corrected chi connectivity index (χ1v) is 6.46. The summed E-state index contributed by atoms with van der Waals surface area (Å²) in [5.41, 5.74) is 0.755. The number of ether oxygens (including phenoxy) is 1. The van der Waals surface area contributed by atoms with Crippen molar-refractivity contribution in [3.63, 3.8) is 0 Å². The molecule has 1 aliphatic rings. The largest absolute Gasteiger partial charge is 0.501 e. The Kier molecular flexibility index (Phi) is 4.20. The lowest BCUT2D eigenvalue weighted by atomic mass is 10.1. The van der Waals surface area contributed by atoms with E-state index in [2.05, 4.69) is 0 Å². The molecule has 0 radical (unpaired) electrons. The first-order valence-electron chi connectivity index (χ1n) is 5.48. The molecule has 1 aromatic carbocycles. The van der Waals surface area contributed by atoms with E-state index in [1.54, 1.807) is 18.4 Å². The van der Waals surface area contributed by atoms with Gasteiger partial charge in [0.15, 0.2) is 5.78 Å². The molecule has 90 valence electrons. The summed E-state index contributed by atoms with van der Waals surface area (Å²) in [6.45, 7) is 0.696. The Labute approximate surface area is 104 Å². The van der Waals surface area contributed by atoms with Crippen molar-refractivity contribution < 1.29 is 13.9 Å². The van der Waals surface area contributed by atoms with Crippen molar-refractivity contribution in [3.8, 4) is 0 Å². The first-order chi connectivity index (χ1) is 8.25. The molecule has 0 saturated carbocycles. The maximum atomic E-state index is 12.7. The molecule has 0 N–H and O–H groups in total. The summed E-state index contributed by atoms with van der Waals surface area (Å²) in [5, 5.41) is 0. The van der Waals surface area contributed by atoms with Crippen LogP contribution < -0.4 is 0 Å². The summed E-state index contributed by atoms with van der Waals surface area (Å²) in [6, 6.07) is 6.16. The summed E-state index contributed by atoms with van der Waals surface area (Å²) in [6.07, 6.45) is 3.26. The van der Waals surface area contributed by atoms with Crippen LogP contribution >= 0.6 is 11.8 Å². The van der Waals surface area contributed by atoms with Crippen LogP contribution in [0.1, 0.15) is 12.8 Å². The Morgan fingerprint density at radius 3 is 2.76 bits per heavy atom. The van der Waals surface area contributed by atoms with Gasteiger partial charge in [0.05, 0.1) is 18.6 Å². The lowest BCUT2D eigenvalue weighted by Gasteiger charge is -2.12. The number of rotatable bonds is 4. The van der Waals surface area contributed by atoms with Crippen LogP contribution in [0.25, 0.3) is 0 Å². The zero-order chi connectivity index (χ0) is 12.1. The smallest absolute Gasteiger partial charge is 0.172 e. The Morgan fingerprint density at radius 1 is 1.35 bits per heavy atom.